The minimum atomic E-state index is 0.0566. The molecule has 114 valence electrons. The number of ether oxygens (including phenoxy) is 2. The quantitative estimate of drug-likeness (QED) is 0.832. The fourth-order valence-corrected chi connectivity index (χ4v) is 2.99. The zero-order valence-corrected chi connectivity index (χ0v) is 12.9. The summed E-state index contributed by atoms with van der Waals surface area (Å²) >= 11 is 1.69. The molecule has 1 aliphatic rings. The second-order valence-electron chi connectivity index (χ2n) is 4.88. The number of nitrogens with one attached hydrogen (secondary N) is 1. The van der Waals surface area contributed by atoms with E-state index in [-0.39, 0.29) is 12.7 Å². The van der Waals surface area contributed by atoms with Crippen LogP contribution in [0.1, 0.15) is 12.0 Å². The standard InChI is InChI=1S/C17H17NO3S/c19-17(8-9-22-14-4-2-1-3-5-14)18-11-13-6-7-15-16(10-13)21-12-20-15/h1-7,10H,8-9,11-12H2,(H,18,19). The van der Waals surface area contributed by atoms with Crippen molar-refractivity contribution in [2.24, 2.45) is 0 Å². The first-order chi connectivity index (χ1) is 10.8. The summed E-state index contributed by atoms with van der Waals surface area (Å²) in [5.41, 5.74) is 1.01. The highest BCUT2D eigenvalue weighted by Gasteiger charge is 2.13. The molecule has 2 aromatic carbocycles. The van der Waals surface area contributed by atoms with Gasteiger partial charge in [0.1, 0.15) is 0 Å². The van der Waals surface area contributed by atoms with Crippen molar-refractivity contribution in [2.75, 3.05) is 12.5 Å². The maximum absolute atomic E-state index is 11.9. The third-order valence-corrected chi connectivity index (χ3v) is 4.28. The Morgan fingerprint density at radius 2 is 1.91 bits per heavy atom. The lowest BCUT2D eigenvalue weighted by Gasteiger charge is -2.06. The molecule has 1 N–H and O–H groups in total. The number of carbonyl (C=O) groups is 1. The van der Waals surface area contributed by atoms with Crippen LogP contribution in [0.4, 0.5) is 0 Å². The van der Waals surface area contributed by atoms with Gasteiger partial charge < -0.3 is 14.8 Å². The second kappa shape index (κ2) is 7.22. The summed E-state index contributed by atoms with van der Waals surface area (Å²) in [7, 11) is 0. The van der Waals surface area contributed by atoms with Crippen LogP contribution in [0.2, 0.25) is 0 Å². The fraction of sp³-hybridized carbons (Fsp3) is 0.235. The number of benzene rings is 2. The van der Waals surface area contributed by atoms with Gasteiger partial charge >= 0.3 is 0 Å². The maximum Gasteiger partial charge on any atom is 0.231 e. The van der Waals surface area contributed by atoms with Crippen LogP contribution in [-0.2, 0) is 11.3 Å². The van der Waals surface area contributed by atoms with Crippen molar-refractivity contribution in [3.05, 3.63) is 54.1 Å². The molecule has 2 aromatic rings. The van der Waals surface area contributed by atoms with Gasteiger partial charge in [0, 0.05) is 23.6 Å². The van der Waals surface area contributed by atoms with E-state index in [1.54, 1.807) is 11.8 Å². The van der Waals surface area contributed by atoms with Crippen molar-refractivity contribution in [1.82, 2.24) is 5.32 Å². The minimum absolute atomic E-state index is 0.0566. The molecule has 0 saturated carbocycles. The normalized spacial score (nSPS) is 12.2. The summed E-state index contributed by atoms with van der Waals surface area (Å²) in [4.78, 5) is 13.0. The third kappa shape index (κ3) is 3.95. The van der Waals surface area contributed by atoms with E-state index in [9.17, 15) is 4.79 Å². The molecule has 0 unspecified atom stereocenters. The summed E-state index contributed by atoms with van der Waals surface area (Å²) in [6, 6.07) is 15.8. The molecular formula is C17H17NO3S. The molecule has 4 nitrogen and oxygen atoms in total. The van der Waals surface area contributed by atoms with E-state index in [1.807, 2.05) is 36.4 Å². The Bertz CT molecular complexity index is 646. The molecule has 1 amide bonds. The molecule has 0 fully saturated rings. The average molecular weight is 315 g/mol. The SMILES string of the molecule is O=C(CCSc1ccccc1)NCc1ccc2c(c1)OCO2. The van der Waals surface area contributed by atoms with Crippen LogP contribution in [0.15, 0.2) is 53.4 Å². The van der Waals surface area contributed by atoms with Gasteiger partial charge in [0.2, 0.25) is 12.7 Å². The molecule has 22 heavy (non-hydrogen) atoms. The highest BCUT2D eigenvalue weighted by molar-refractivity contribution is 7.99. The van der Waals surface area contributed by atoms with E-state index in [0.29, 0.717) is 13.0 Å². The fourth-order valence-electron chi connectivity index (χ4n) is 2.12. The number of amides is 1. The second-order valence-corrected chi connectivity index (χ2v) is 6.04. The van der Waals surface area contributed by atoms with E-state index >= 15 is 0 Å². The predicted molar refractivity (Wildman–Crippen MR) is 86.2 cm³/mol. The van der Waals surface area contributed by atoms with E-state index in [1.165, 1.54) is 4.90 Å². The van der Waals surface area contributed by atoms with Gasteiger partial charge in [-0.3, -0.25) is 4.79 Å². The number of rotatable bonds is 6. The molecule has 5 heteroatoms. The Morgan fingerprint density at radius 3 is 2.77 bits per heavy atom. The molecule has 0 radical (unpaired) electrons. The van der Waals surface area contributed by atoms with Gasteiger partial charge in [-0.05, 0) is 29.8 Å². The van der Waals surface area contributed by atoms with Gasteiger partial charge in [-0.1, -0.05) is 24.3 Å². The van der Waals surface area contributed by atoms with Crippen LogP contribution in [0.3, 0.4) is 0 Å². The van der Waals surface area contributed by atoms with Crippen LogP contribution < -0.4 is 14.8 Å². The van der Waals surface area contributed by atoms with Crippen molar-refractivity contribution in [3.63, 3.8) is 0 Å². The van der Waals surface area contributed by atoms with E-state index < -0.39 is 0 Å². The Kier molecular flexibility index (Phi) is 4.85. The Balaban J connectivity index is 1.41. The van der Waals surface area contributed by atoms with E-state index in [0.717, 1.165) is 22.8 Å². The van der Waals surface area contributed by atoms with Crippen LogP contribution >= 0.6 is 11.8 Å². The zero-order chi connectivity index (χ0) is 15.2. The smallest absolute Gasteiger partial charge is 0.231 e. The first-order valence-electron chi connectivity index (χ1n) is 7.14. The molecule has 0 saturated heterocycles. The van der Waals surface area contributed by atoms with Crippen molar-refractivity contribution < 1.29 is 14.3 Å². The van der Waals surface area contributed by atoms with E-state index in [2.05, 4.69) is 17.4 Å². The summed E-state index contributed by atoms with van der Waals surface area (Å²) in [6.07, 6.45) is 0.504. The van der Waals surface area contributed by atoms with Crippen LogP contribution in [-0.4, -0.2) is 18.5 Å². The van der Waals surface area contributed by atoms with Gasteiger partial charge in [0.15, 0.2) is 11.5 Å². The van der Waals surface area contributed by atoms with Crippen molar-refractivity contribution in [2.45, 2.75) is 17.9 Å². The molecule has 0 atom stereocenters. The number of hydrogen-bond acceptors (Lipinski definition) is 4. The lowest BCUT2D eigenvalue weighted by molar-refractivity contribution is -0.120. The summed E-state index contributed by atoms with van der Waals surface area (Å²) in [5, 5.41) is 2.93. The van der Waals surface area contributed by atoms with E-state index in [4.69, 9.17) is 9.47 Å². The first-order valence-corrected chi connectivity index (χ1v) is 8.13. The summed E-state index contributed by atoms with van der Waals surface area (Å²) < 4.78 is 10.6. The Labute approximate surface area is 133 Å². The van der Waals surface area contributed by atoms with Crippen LogP contribution in [0, 0.1) is 0 Å². The van der Waals surface area contributed by atoms with Gasteiger partial charge in [-0.2, -0.15) is 0 Å². The van der Waals surface area contributed by atoms with Crippen LogP contribution in [0.5, 0.6) is 11.5 Å². The van der Waals surface area contributed by atoms with Crippen LogP contribution in [0.25, 0.3) is 0 Å². The monoisotopic (exact) mass is 315 g/mol. The maximum atomic E-state index is 11.9. The number of hydrogen-bond donors (Lipinski definition) is 1. The van der Waals surface area contributed by atoms with Crippen molar-refractivity contribution in [3.8, 4) is 11.5 Å². The largest absolute Gasteiger partial charge is 0.454 e. The van der Waals surface area contributed by atoms with Gasteiger partial charge in [-0.25, -0.2) is 0 Å². The van der Waals surface area contributed by atoms with Gasteiger partial charge in [0.05, 0.1) is 0 Å². The molecule has 1 aliphatic heterocycles. The Morgan fingerprint density at radius 1 is 1.09 bits per heavy atom. The zero-order valence-electron chi connectivity index (χ0n) is 12.1. The first kappa shape index (κ1) is 14.8. The third-order valence-electron chi connectivity index (χ3n) is 3.27. The average Bonchev–Trinajstić information content (AvgIpc) is 3.01. The Hall–Kier alpha value is -2.14. The molecule has 0 aromatic heterocycles. The summed E-state index contributed by atoms with van der Waals surface area (Å²) in [6.45, 7) is 0.771. The number of carbonyl (C=O) groups excluding carboxylic acids is 1. The van der Waals surface area contributed by atoms with Gasteiger partial charge in [-0.15, -0.1) is 11.8 Å². The lowest BCUT2D eigenvalue weighted by atomic mass is 10.2. The summed E-state index contributed by atoms with van der Waals surface area (Å²) in [5.74, 6) is 2.33. The predicted octanol–water partition coefficient (Wildman–Crippen LogP) is 3.21. The minimum Gasteiger partial charge on any atom is -0.454 e. The topological polar surface area (TPSA) is 47.6 Å². The van der Waals surface area contributed by atoms with Crippen molar-refractivity contribution in [1.29, 1.82) is 0 Å². The lowest BCUT2D eigenvalue weighted by Crippen LogP contribution is -2.22. The van der Waals surface area contributed by atoms with Gasteiger partial charge in [0.25, 0.3) is 0 Å². The molecular weight excluding hydrogens is 298 g/mol. The molecule has 3 rings (SSSR count). The molecule has 0 bridgehead atoms. The number of fused-ring (bicyclic) bond motifs is 1. The van der Waals surface area contributed by atoms with Crippen molar-refractivity contribution >= 4 is 17.7 Å². The molecule has 0 spiro atoms. The highest BCUT2D eigenvalue weighted by Crippen LogP contribution is 2.32. The molecule has 1 heterocycles. The molecule has 0 aliphatic carbocycles. The highest BCUT2D eigenvalue weighted by atomic mass is 32.2. The number of thioether (sulfide) groups is 1.